The van der Waals surface area contributed by atoms with Crippen LogP contribution in [-0.4, -0.2) is 34.4 Å². The molecule has 0 radical (unpaired) electrons. The lowest BCUT2D eigenvalue weighted by Gasteiger charge is -2.22. The van der Waals surface area contributed by atoms with E-state index in [9.17, 15) is 4.79 Å². The van der Waals surface area contributed by atoms with Gasteiger partial charge in [0.1, 0.15) is 11.9 Å². The van der Waals surface area contributed by atoms with Gasteiger partial charge in [0.2, 0.25) is 11.0 Å². The molecule has 0 unspecified atom stereocenters. The van der Waals surface area contributed by atoms with Crippen LogP contribution < -0.4 is 10.2 Å². The fourth-order valence-electron chi connectivity index (χ4n) is 3.19. The molecule has 5 nitrogen and oxygen atoms in total. The Hall–Kier alpha value is -1.66. The number of halogens is 1. The molecule has 1 saturated heterocycles. The first-order valence-corrected chi connectivity index (χ1v) is 10.4. The minimum atomic E-state index is -0.118. The predicted molar refractivity (Wildman–Crippen MR) is 107 cm³/mol. The Bertz CT molecular complexity index is 719. The minimum Gasteiger partial charge on any atom is -0.354 e. The Labute approximate surface area is 163 Å². The van der Waals surface area contributed by atoms with Crippen LogP contribution in [0, 0.1) is 0 Å². The highest BCUT2D eigenvalue weighted by Gasteiger charge is 2.32. The number of carbonyl (C=O) groups is 1. The molecule has 2 heterocycles. The second-order valence-electron chi connectivity index (χ2n) is 6.65. The van der Waals surface area contributed by atoms with E-state index in [0.717, 1.165) is 66.7 Å². The van der Waals surface area contributed by atoms with Crippen LogP contribution in [0.15, 0.2) is 24.3 Å². The first-order valence-electron chi connectivity index (χ1n) is 9.28. The van der Waals surface area contributed by atoms with Gasteiger partial charge in [-0.1, -0.05) is 43.5 Å². The molecule has 1 aliphatic heterocycles. The minimum absolute atomic E-state index is 0.118. The number of unbranched alkanes of at least 4 members (excludes halogenated alkanes) is 2. The monoisotopic (exact) mass is 392 g/mol. The molecule has 3 rings (SSSR count). The molecule has 0 bridgehead atoms. The molecule has 1 aromatic heterocycles. The number of carbonyl (C=O) groups excluding carboxylic acids is 1. The van der Waals surface area contributed by atoms with Crippen molar-refractivity contribution in [3.63, 3.8) is 0 Å². The van der Waals surface area contributed by atoms with E-state index in [4.69, 9.17) is 11.6 Å². The number of hydrogen-bond donors (Lipinski definition) is 1. The molecule has 0 saturated carbocycles. The summed E-state index contributed by atoms with van der Waals surface area (Å²) in [7, 11) is 0. The van der Waals surface area contributed by atoms with Crippen molar-refractivity contribution in [2.24, 2.45) is 0 Å². The molecule has 1 fully saturated rings. The first-order chi connectivity index (χ1) is 12.7. The van der Waals surface area contributed by atoms with Gasteiger partial charge in [0.25, 0.3) is 0 Å². The maximum absolute atomic E-state index is 12.5. The fourth-order valence-corrected chi connectivity index (χ4v) is 4.08. The van der Waals surface area contributed by atoms with E-state index >= 15 is 0 Å². The van der Waals surface area contributed by atoms with Crippen molar-refractivity contribution in [1.29, 1.82) is 0 Å². The third-order valence-corrected chi connectivity index (χ3v) is 5.66. The summed E-state index contributed by atoms with van der Waals surface area (Å²) in [4.78, 5) is 19.3. The molecule has 1 amide bonds. The molecule has 140 valence electrons. The SMILES string of the molecule is CCCCCNC(=O)[C@@H]1CCCN1c1nc(Cc2ccc(Cl)cc2)ns1. The summed E-state index contributed by atoms with van der Waals surface area (Å²) in [6, 6.07) is 7.62. The summed E-state index contributed by atoms with van der Waals surface area (Å²) in [5.41, 5.74) is 1.13. The van der Waals surface area contributed by atoms with Gasteiger partial charge in [-0.25, -0.2) is 4.98 Å². The van der Waals surface area contributed by atoms with Gasteiger partial charge in [0.05, 0.1) is 0 Å². The third kappa shape index (κ3) is 4.95. The summed E-state index contributed by atoms with van der Waals surface area (Å²) in [6.45, 7) is 3.79. The van der Waals surface area contributed by atoms with Crippen molar-refractivity contribution in [2.75, 3.05) is 18.0 Å². The van der Waals surface area contributed by atoms with E-state index in [0.29, 0.717) is 6.42 Å². The van der Waals surface area contributed by atoms with Crippen molar-refractivity contribution in [1.82, 2.24) is 14.7 Å². The van der Waals surface area contributed by atoms with Gasteiger partial charge in [-0.15, -0.1) is 0 Å². The van der Waals surface area contributed by atoms with Gasteiger partial charge in [0.15, 0.2) is 0 Å². The highest BCUT2D eigenvalue weighted by atomic mass is 35.5. The molecule has 26 heavy (non-hydrogen) atoms. The zero-order valence-corrected chi connectivity index (χ0v) is 16.7. The highest BCUT2D eigenvalue weighted by Crippen LogP contribution is 2.27. The lowest BCUT2D eigenvalue weighted by Crippen LogP contribution is -2.43. The molecule has 2 aromatic rings. The Morgan fingerprint density at radius 2 is 2.15 bits per heavy atom. The van der Waals surface area contributed by atoms with Gasteiger partial charge in [-0.05, 0) is 37.0 Å². The second kappa shape index (κ2) is 9.33. The predicted octanol–water partition coefficient (Wildman–Crippen LogP) is 4.06. The zero-order valence-electron chi connectivity index (χ0n) is 15.1. The second-order valence-corrected chi connectivity index (χ2v) is 7.81. The molecule has 0 aliphatic carbocycles. The van der Waals surface area contributed by atoms with Crippen LogP contribution in [0.3, 0.4) is 0 Å². The molecule has 7 heteroatoms. The summed E-state index contributed by atoms with van der Waals surface area (Å²) >= 11 is 7.31. The number of aromatic nitrogens is 2. The first kappa shape index (κ1) is 19.1. The van der Waals surface area contributed by atoms with Crippen LogP contribution in [0.4, 0.5) is 5.13 Å². The summed E-state index contributed by atoms with van der Waals surface area (Å²) in [5, 5.41) is 4.65. The van der Waals surface area contributed by atoms with Gasteiger partial charge < -0.3 is 10.2 Å². The smallest absolute Gasteiger partial charge is 0.242 e. The van der Waals surface area contributed by atoms with Crippen LogP contribution in [0.1, 0.15) is 50.4 Å². The van der Waals surface area contributed by atoms with Gasteiger partial charge in [0, 0.05) is 36.1 Å². The maximum Gasteiger partial charge on any atom is 0.242 e. The van der Waals surface area contributed by atoms with Crippen LogP contribution in [0.5, 0.6) is 0 Å². The van der Waals surface area contributed by atoms with Crippen LogP contribution in [-0.2, 0) is 11.2 Å². The maximum atomic E-state index is 12.5. The van der Waals surface area contributed by atoms with Crippen molar-refractivity contribution in [3.05, 3.63) is 40.7 Å². The van der Waals surface area contributed by atoms with E-state index < -0.39 is 0 Å². The molecule has 1 atom stereocenters. The largest absolute Gasteiger partial charge is 0.354 e. The van der Waals surface area contributed by atoms with Crippen LogP contribution in [0.25, 0.3) is 0 Å². The number of nitrogens with zero attached hydrogens (tertiary/aromatic N) is 3. The quantitative estimate of drug-likeness (QED) is 0.688. The van der Waals surface area contributed by atoms with Crippen LogP contribution in [0.2, 0.25) is 5.02 Å². The lowest BCUT2D eigenvalue weighted by atomic mass is 10.1. The number of hydrogen-bond acceptors (Lipinski definition) is 5. The highest BCUT2D eigenvalue weighted by molar-refractivity contribution is 7.09. The number of rotatable bonds is 8. The van der Waals surface area contributed by atoms with E-state index in [1.165, 1.54) is 11.5 Å². The molecule has 1 aromatic carbocycles. The Balaban J connectivity index is 1.60. The van der Waals surface area contributed by atoms with Crippen molar-refractivity contribution in [2.45, 2.75) is 51.5 Å². The van der Waals surface area contributed by atoms with E-state index in [1.807, 2.05) is 24.3 Å². The number of benzene rings is 1. The van der Waals surface area contributed by atoms with Crippen LogP contribution >= 0.6 is 23.1 Å². The molecule has 0 spiro atoms. The Morgan fingerprint density at radius 1 is 1.35 bits per heavy atom. The summed E-state index contributed by atoms with van der Waals surface area (Å²) in [6.07, 6.45) is 5.92. The summed E-state index contributed by atoms with van der Waals surface area (Å²) < 4.78 is 4.48. The van der Waals surface area contributed by atoms with Crippen molar-refractivity contribution >= 4 is 34.2 Å². The van der Waals surface area contributed by atoms with Crippen molar-refractivity contribution < 1.29 is 4.79 Å². The number of nitrogens with one attached hydrogen (secondary N) is 1. The average Bonchev–Trinajstić information content (AvgIpc) is 3.29. The normalized spacial score (nSPS) is 16.8. The van der Waals surface area contributed by atoms with Gasteiger partial charge in [-0.3, -0.25) is 4.79 Å². The van der Waals surface area contributed by atoms with Gasteiger partial charge in [-0.2, -0.15) is 4.37 Å². The standard InChI is InChI=1S/C19H25ClN4OS/c1-2-3-4-11-21-18(25)16-6-5-12-24(16)19-22-17(23-26-19)13-14-7-9-15(20)10-8-14/h7-10,16H,2-6,11-13H2,1H3,(H,21,25)/t16-/m0/s1. The fraction of sp³-hybridized carbons (Fsp3) is 0.526. The Morgan fingerprint density at radius 3 is 2.92 bits per heavy atom. The van der Waals surface area contributed by atoms with E-state index in [-0.39, 0.29) is 11.9 Å². The third-order valence-electron chi connectivity index (χ3n) is 4.61. The number of amides is 1. The molecular formula is C19H25ClN4OS. The number of anilines is 1. The average molecular weight is 393 g/mol. The zero-order chi connectivity index (χ0) is 18.4. The molecule has 1 N–H and O–H groups in total. The van der Waals surface area contributed by atoms with E-state index in [2.05, 4.69) is 26.5 Å². The summed E-state index contributed by atoms with van der Waals surface area (Å²) in [5.74, 6) is 0.911. The molecular weight excluding hydrogens is 368 g/mol. The molecule has 1 aliphatic rings. The lowest BCUT2D eigenvalue weighted by molar-refractivity contribution is -0.122. The van der Waals surface area contributed by atoms with Gasteiger partial charge >= 0.3 is 0 Å². The topological polar surface area (TPSA) is 58.1 Å². The van der Waals surface area contributed by atoms with Crippen molar-refractivity contribution in [3.8, 4) is 0 Å². The Kier molecular flexibility index (Phi) is 6.86. The van der Waals surface area contributed by atoms with E-state index in [1.54, 1.807) is 0 Å².